The third-order valence-corrected chi connectivity index (χ3v) is 2.77. The topological polar surface area (TPSA) is 51.0 Å². The maximum atomic E-state index is 6.05. The Kier molecular flexibility index (Phi) is 3.99. The maximum absolute atomic E-state index is 6.05. The lowest BCUT2D eigenvalue weighted by molar-refractivity contribution is 0.500. The number of nitrogens with one attached hydrogen (secondary N) is 1. The van der Waals surface area contributed by atoms with E-state index in [-0.39, 0.29) is 0 Å². The van der Waals surface area contributed by atoms with Crippen molar-refractivity contribution < 1.29 is 4.42 Å². The second kappa shape index (κ2) is 5.49. The first-order valence-electron chi connectivity index (χ1n) is 5.13. The number of benzene rings is 1. The highest BCUT2D eigenvalue weighted by molar-refractivity contribution is 6.36. The molecular weight excluding hydrogens is 261 g/mol. The highest BCUT2D eigenvalue weighted by atomic mass is 35.5. The number of nitrogens with zero attached hydrogens (tertiary/aromatic N) is 2. The van der Waals surface area contributed by atoms with Crippen LogP contribution >= 0.6 is 23.2 Å². The number of rotatable bonds is 4. The average Bonchev–Trinajstić information content (AvgIpc) is 2.75. The molecule has 1 aromatic heterocycles. The summed E-state index contributed by atoms with van der Waals surface area (Å²) >= 11 is 11.9. The van der Waals surface area contributed by atoms with Crippen LogP contribution in [0.1, 0.15) is 5.89 Å². The van der Waals surface area contributed by atoms with Crippen LogP contribution in [-0.4, -0.2) is 23.8 Å². The van der Waals surface area contributed by atoms with Crippen molar-refractivity contribution >= 4 is 23.2 Å². The van der Waals surface area contributed by atoms with Crippen LogP contribution in [0.2, 0.25) is 10.0 Å². The molecule has 1 aromatic carbocycles. The van der Waals surface area contributed by atoms with E-state index >= 15 is 0 Å². The average molecular weight is 272 g/mol. The summed E-state index contributed by atoms with van der Waals surface area (Å²) in [4.78, 5) is 0. The SMILES string of the molecule is CNCCc1nnc(-c2ccc(Cl)cc2Cl)o1. The standard InChI is InChI=1S/C11H11Cl2N3O/c1-14-5-4-10-15-16-11(17-10)8-3-2-7(12)6-9(8)13/h2-3,6,14H,4-5H2,1H3. The van der Waals surface area contributed by atoms with Crippen molar-refractivity contribution in [3.05, 3.63) is 34.1 Å². The molecule has 2 rings (SSSR count). The highest BCUT2D eigenvalue weighted by Gasteiger charge is 2.11. The molecule has 90 valence electrons. The first-order valence-corrected chi connectivity index (χ1v) is 5.88. The van der Waals surface area contributed by atoms with Gasteiger partial charge in [0.2, 0.25) is 11.8 Å². The predicted octanol–water partition coefficient (Wildman–Crippen LogP) is 2.81. The molecule has 0 saturated carbocycles. The third-order valence-electron chi connectivity index (χ3n) is 2.22. The molecule has 0 aliphatic carbocycles. The fraction of sp³-hybridized carbons (Fsp3) is 0.273. The van der Waals surface area contributed by atoms with Gasteiger partial charge >= 0.3 is 0 Å². The van der Waals surface area contributed by atoms with Gasteiger partial charge in [-0.2, -0.15) is 0 Å². The Bertz CT molecular complexity index is 513. The first kappa shape index (κ1) is 12.4. The van der Waals surface area contributed by atoms with E-state index in [0.29, 0.717) is 33.8 Å². The molecule has 0 unspecified atom stereocenters. The van der Waals surface area contributed by atoms with Gasteiger partial charge in [-0.05, 0) is 25.2 Å². The number of hydrogen-bond acceptors (Lipinski definition) is 4. The zero-order chi connectivity index (χ0) is 12.3. The van der Waals surface area contributed by atoms with Crippen LogP contribution in [0.3, 0.4) is 0 Å². The molecule has 0 aliphatic rings. The van der Waals surface area contributed by atoms with Crippen molar-refractivity contribution in [2.75, 3.05) is 13.6 Å². The van der Waals surface area contributed by atoms with Crippen molar-refractivity contribution in [3.63, 3.8) is 0 Å². The van der Waals surface area contributed by atoms with Gasteiger partial charge < -0.3 is 9.73 Å². The van der Waals surface area contributed by atoms with E-state index in [1.165, 1.54) is 0 Å². The van der Waals surface area contributed by atoms with Crippen LogP contribution in [0, 0.1) is 0 Å². The van der Waals surface area contributed by atoms with E-state index in [1.807, 2.05) is 7.05 Å². The van der Waals surface area contributed by atoms with Crippen LogP contribution in [0.15, 0.2) is 22.6 Å². The molecule has 4 nitrogen and oxygen atoms in total. The van der Waals surface area contributed by atoms with E-state index in [0.717, 1.165) is 6.54 Å². The van der Waals surface area contributed by atoms with E-state index in [1.54, 1.807) is 18.2 Å². The quantitative estimate of drug-likeness (QED) is 0.929. The van der Waals surface area contributed by atoms with Crippen LogP contribution in [0.5, 0.6) is 0 Å². The van der Waals surface area contributed by atoms with Gasteiger partial charge in [0.1, 0.15) is 0 Å². The number of aromatic nitrogens is 2. The molecule has 2 aromatic rings. The smallest absolute Gasteiger partial charge is 0.249 e. The summed E-state index contributed by atoms with van der Waals surface area (Å²) in [6, 6.07) is 5.15. The largest absolute Gasteiger partial charge is 0.421 e. The van der Waals surface area contributed by atoms with E-state index in [4.69, 9.17) is 27.6 Å². The molecule has 0 aliphatic heterocycles. The lowest BCUT2D eigenvalue weighted by atomic mass is 10.2. The Morgan fingerprint density at radius 3 is 2.82 bits per heavy atom. The number of hydrogen-bond donors (Lipinski definition) is 1. The Balaban J connectivity index is 2.24. The van der Waals surface area contributed by atoms with Gasteiger partial charge in [0.15, 0.2) is 0 Å². The minimum absolute atomic E-state index is 0.415. The summed E-state index contributed by atoms with van der Waals surface area (Å²) in [5.74, 6) is 0.998. The molecule has 0 fully saturated rings. The summed E-state index contributed by atoms with van der Waals surface area (Å²) in [6.07, 6.45) is 0.689. The van der Waals surface area contributed by atoms with Gasteiger partial charge in [-0.25, -0.2) is 0 Å². The molecule has 0 amide bonds. The zero-order valence-electron chi connectivity index (χ0n) is 9.20. The summed E-state index contributed by atoms with van der Waals surface area (Å²) in [7, 11) is 1.87. The molecule has 0 radical (unpaired) electrons. The highest BCUT2D eigenvalue weighted by Crippen LogP contribution is 2.29. The molecule has 1 N–H and O–H groups in total. The maximum Gasteiger partial charge on any atom is 0.249 e. The third kappa shape index (κ3) is 2.97. The predicted molar refractivity (Wildman–Crippen MR) is 67.4 cm³/mol. The fourth-order valence-corrected chi connectivity index (χ4v) is 1.85. The van der Waals surface area contributed by atoms with Crippen molar-refractivity contribution in [2.24, 2.45) is 0 Å². The molecule has 0 spiro atoms. The summed E-state index contributed by atoms with van der Waals surface area (Å²) in [5, 5.41) is 12.0. The van der Waals surface area contributed by atoms with Crippen molar-refractivity contribution in [3.8, 4) is 11.5 Å². The Hall–Kier alpha value is -1.10. The Morgan fingerprint density at radius 1 is 1.29 bits per heavy atom. The van der Waals surface area contributed by atoms with Crippen molar-refractivity contribution in [1.82, 2.24) is 15.5 Å². The zero-order valence-corrected chi connectivity index (χ0v) is 10.7. The van der Waals surface area contributed by atoms with Gasteiger partial charge in [0, 0.05) is 18.0 Å². The fourth-order valence-electron chi connectivity index (χ4n) is 1.36. The van der Waals surface area contributed by atoms with Crippen LogP contribution in [-0.2, 0) is 6.42 Å². The van der Waals surface area contributed by atoms with E-state index < -0.39 is 0 Å². The molecule has 6 heteroatoms. The van der Waals surface area contributed by atoms with E-state index in [9.17, 15) is 0 Å². The van der Waals surface area contributed by atoms with Gasteiger partial charge in [-0.3, -0.25) is 0 Å². The number of halogens is 2. The van der Waals surface area contributed by atoms with Gasteiger partial charge in [0.05, 0.1) is 10.6 Å². The van der Waals surface area contributed by atoms with Gasteiger partial charge in [0.25, 0.3) is 0 Å². The second-order valence-corrected chi connectivity index (χ2v) is 4.32. The van der Waals surface area contributed by atoms with Crippen molar-refractivity contribution in [2.45, 2.75) is 6.42 Å². The molecule has 1 heterocycles. The minimum atomic E-state index is 0.415. The van der Waals surface area contributed by atoms with Crippen LogP contribution in [0.25, 0.3) is 11.5 Å². The Labute approximate surface area is 109 Å². The van der Waals surface area contributed by atoms with Crippen LogP contribution < -0.4 is 5.32 Å². The molecule has 0 saturated heterocycles. The molecule has 17 heavy (non-hydrogen) atoms. The normalized spacial score (nSPS) is 10.8. The van der Waals surface area contributed by atoms with Crippen LogP contribution in [0.4, 0.5) is 0 Å². The van der Waals surface area contributed by atoms with Gasteiger partial charge in [-0.15, -0.1) is 10.2 Å². The molecular formula is C11H11Cl2N3O. The van der Waals surface area contributed by atoms with Gasteiger partial charge in [-0.1, -0.05) is 23.2 Å². The first-order chi connectivity index (χ1) is 8.20. The number of likely N-dealkylation sites (N-methyl/N-ethyl adjacent to an activating group) is 1. The molecule has 0 bridgehead atoms. The lowest BCUT2D eigenvalue weighted by Crippen LogP contribution is -2.10. The van der Waals surface area contributed by atoms with Crippen molar-refractivity contribution in [1.29, 1.82) is 0 Å². The summed E-state index contributed by atoms with van der Waals surface area (Å²) < 4.78 is 5.50. The summed E-state index contributed by atoms with van der Waals surface area (Å²) in [5.41, 5.74) is 0.694. The lowest BCUT2D eigenvalue weighted by Gasteiger charge is -1.99. The van der Waals surface area contributed by atoms with E-state index in [2.05, 4.69) is 15.5 Å². The second-order valence-electron chi connectivity index (χ2n) is 3.48. The minimum Gasteiger partial charge on any atom is -0.421 e. The monoisotopic (exact) mass is 271 g/mol. The Morgan fingerprint density at radius 2 is 2.12 bits per heavy atom. The molecule has 0 atom stereocenters. The summed E-state index contributed by atoms with van der Waals surface area (Å²) in [6.45, 7) is 0.788.